The minimum atomic E-state index is -0.324. The van der Waals surface area contributed by atoms with E-state index in [2.05, 4.69) is 25.6 Å². The van der Waals surface area contributed by atoms with E-state index < -0.39 is 0 Å². The van der Waals surface area contributed by atoms with Gasteiger partial charge in [-0.25, -0.2) is 4.98 Å². The van der Waals surface area contributed by atoms with Gasteiger partial charge in [-0.15, -0.1) is 21.5 Å². The lowest BCUT2D eigenvalue weighted by molar-refractivity contribution is 0.102. The molecule has 0 aliphatic heterocycles. The van der Waals surface area contributed by atoms with Crippen LogP contribution in [0.1, 0.15) is 10.5 Å². The quantitative estimate of drug-likeness (QED) is 0.621. The molecule has 4 heterocycles. The summed E-state index contributed by atoms with van der Waals surface area (Å²) in [6, 6.07) is 5.51. The first-order valence-corrected chi connectivity index (χ1v) is 7.64. The summed E-state index contributed by atoms with van der Waals surface area (Å²) >= 11 is 1.39. The molecule has 8 nitrogen and oxygen atoms in total. The lowest BCUT2D eigenvalue weighted by Crippen LogP contribution is -2.14. The van der Waals surface area contributed by atoms with Gasteiger partial charge in [0, 0.05) is 30.4 Å². The standard InChI is InChI=1S/C14H11N7OS/c1-20-7-9(6-15-20)13-16-10(8-23-13)12(22)17-14-19-18-11-4-2-3-5-21(11)14/h2-8H,1H3,(H,17,19,22). The van der Waals surface area contributed by atoms with Crippen LogP contribution in [0.2, 0.25) is 0 Å². The van der Waals surface area contributed by atoms with E-state index in [1.165, 1.54) is 11.3 Å². The number of aromatic nitrogens is 6. The van der Waals surface area contributed by atoms with Gasteiger partial charge >= 0.3 is 0 Å². The molecule has 0 aromatic carbocycles. The van der Waals surface area contributed by atoms with E-state index >= 15 is 0 Å². The molecule has 0 saturated carbocycles. The van der Waals surface area contributed by atoms with E-state index in [4.69, 9.17) is 0 Å². The number of aryl methyl sites for hydroxylation is 1. The lowest BCUT2D eigenvalue weighted by Gasteiger charge is -2.00. The van der Waals surface area contributed by atoms with Crippen molar-refractivity contribution < 1.29 is 4.79 Å². The van der Waals surface area contributed by atoms with Crippen LogP contribution in [0.3, 0.4) is 0 Å². The third-order valence-corrected chi connectivity index (χ3v) is 4.12. The van der Waals surface area contributed by atoms with Crippen molar-refractivity contribution in [2.75, 3.05) is 5.32 Å². The summed E-state index contributed by atoms with van der Waals surface area (Å²) in [6.45, 7) is 0. The Morgan fingerprint density at radius 1 is 1.30 bits per heavy atom. The summed E-state index contributed by atoms with van der Waals surface area (Å²) in [5, 5.41) is 17.2. The first-order chi connectivity index (χ1) is 11.2. The molecule has 4 rings (SSSR count). The number of anilines is 1. The van der Waals surface area contributed by atoms with Crippen LogP contribution in [0.25, 0.3) is 16.2 Å². The number of hydrogen-bond acceptors (Lipinski definition) is 6. The average molecular weight is 325 g/mol. The Morgan fingerprint density at radius 2 is 2.22 bits per heavy atom. The predicted molar refractivity (Wildman–Crippen MR) is 85.3 cm³/mol. The smallest absolute Gasteiger partial charge is 0.277 e. The molecule has 114 valence electrons. The first kappa shape index (κ1) is 13.6. The molecule has 4 aromatic rings. The highest BCUT2D eigenvalue weighted by molar-refractivity contribution is 7.13. The Labute approximate surface area is 134 Å². The van der Waals surface area contributed by atoms with Crippen LogP contribution in [0.15, 0.2) is 42.2 Å². The van der Waals surface area contributed by atoms with Crippen LogP contribution in [0.5, 0.6) is 0 Å². The van der Waals surface area contributed by atoms with Crippen LogP contribution in [-0.2, 0) is 7.05 Å². The normalized spacial score (nSPS) is 11.0. The van der Waals surface area contributed by atoms with E-state index in [1.807, 2.05) is 31.4 Å². The summed E-state index contributed by atoms with van der Waals surface area (Å²) < 4.78 is 3.39. The molecule has 1 N–H and O–H groups in total. The van der Waals surface area contributed by atoms with Crippen molar-refractivity contribution in [3.63, 3.8) is 0 Å². The summed E-state index contributed by atoms with van der Waals surface area (Å²) in [5.41, 5.74) is 1.88. The molecule has 9 heteroatoms. The zero-order valence-electron chi connectivity index (χ0n) is 12.0. The Kier molecular flexibility index (Phi) is 3.12. The van der Waals surface area contributed by atoms with E-state index in [-0.39, 0.29) is 5.91 Å². The molecule has 23 heavy (non-hydrogen) atoms. The molecule has 1 amide bonds. The minimum absolute atomic E-state index is 0.324. The number of thiazole rings is 1. The zero-order valence-corrected chi connectivity index (χ0v) is 12.9. The van der Waals surface area contributed by atoms with Crippen molar-refractivity contribution in [1.82, 2.24) is 29.4 Å². The van der Waals surface area contributed by atoms with Gasteiger partial charge in [0.2, 0.25) is 5.95 Å². The van der Waals surface area contributed by atoms with Gasteiger partial charge in [-0.1, -0.05) is 6.07 Å². The summed E-state index contributed by atoms with van der Waals surface area (Å²) in [4.78, 5) is 16.7. The number of nitrogens with zero attached hydrogens (tertiary/aromatic N) is 6. The lowest BCUT2D eigenvalue weighted by atomic mass is 10.4. The Balaban J connectivity index is 1.59. The minimum Gasteiger partial charge on any atom is -0.289 e. The fourth-order valence-corrected chi connectivity index (χ4v) is 2.91. The molecule has 0 atom stereocenters. The summed E-state index contributed by atoms with van der Waals surface area (Å²) in [7, 11) is 1.83. The van der Waals surface area contributed by atoms with Crippen LogP contribution in [-0.4, -0.2) is 35.3 Å². The fraction of sp³-hybridized carbons (Fsp3) is 0.0714. The highest BCUT2D eigenvalue weighted by Crippen LogP contribution is 2.23. The fourth-order valence-electron chi connectivity index (χ4n) is 2.13. The predicted octanol–water partition coefficient (Wildman–Crippen LogP) is 1.84. The molecular weight excluding hydrogens is 314 g/mol. The molecule has 0 unspecified atom stereocenters. The van der Waals surface area contributed by atoms with E-state index in [1.54, 1.807) is 26.9 Å². The monoisotopic (exact) mass is 325 g/mol. The average Bonchev–Trinajstić information content (AvgIpc) is 3.27. The maximum atomic E-state index is 12.3. The molecule has 4 aromatic heterocycles. The molecule has 0 aliphatic rings. The SMILES string of the molecule is Cn1cc(-c2nc(C(=O)Nc3nnc4ccccn34)cs2)cn1. The topological polar surface area (TPSA) is 90.0 Å². The number of nitrogens with one attached hydrogen (secondary N) is 1. The van der Waals surface area contributed by atoms with Crippen molar-refractivity contribution >= 4 is 28.8 Å². The van der Waals surface area contributed by atoms with E-state index in [0.717, 1.165) is 10.6 Å². The van der Waals surface area contributed by atoms with Gasteiger partial charge < -0.3 is 0 Å². The number of hydrogen-bond donors (Lipinski definition) is 1. The number of pyridine rings is 1. The van der Waals surface area contributed by atoms with Crippen molar-refractivity contribution in [3.8, 4) is 10.6 Å². The molecule has 0 radical (unpaired) electrons. The number of rotatable bonds is 3. The molecule has 0 saturated heterocycles. The van der Waals surface area contributed by atoms with Crippen molar-refractivity contribution in [1.29, 1.82) is 0 Å². The number of amides is 1. The first-order valence-electron chi connectivity index (χ1n) is 6.76. The summed E-state index contributed by atoms with van der Waals surface area (Å²) in [6.07, 6.45) is 5.35. The number of carbonyl (C=O) groups is 1. The van der Waals surface area contributed by atoms with Crippen LogP contribution in [0, 0.1) is 0 Å². The zero-order chi connectivity index (χ0) is 15.8. The molecular formula is C14H11N7OS. The molecule has 0 aliphatic carbocycles. The Morgan fingerprint density at radius 3 is 3.04 bits per heavy atom. The second-order valence-corrected chi connectivity index (χ2v) is 5.71. The van der Waals surface area contributed by atoms with Gasteiger partial charge in [0.1, 0.15) is 10.7 Å². The van der Waals surface area contributed by atoms with Crippen LogP contribution >= 0.6 is 11.3 Å². The van der Waals surface area contributed by atoms with Crippen LogP contribution < -0.4 is 5.32 Å². The van der Waals surface area contributed by atoms with Crippen molar-refractivity contribution in [2.45, 2.75) is 0 Å². The van der Waals surface area contributed by atoms with Gasteiger partial charge in [-0.3, -0.25) is 19.2 Å². The molecule has 0 bridgehead atoms. The Hall–Kier alpha value is -3.07. The second-order valence-electron chi connectivity index (χ2n) is 4.85. The van der Waals surface area contributed by atoms with E-state index in [0.29, 0.717) is 17.3 Å². The second kappa shape index (κ2) is 5.29. The van der Waals surface area contributed by atoms with E-state index in [9.17, 15) is 4.79 Å². The molecule has 0 spiro atoms. The maximum absolute atomic E-state index is 12.3. The highest BCUT2D eigenvalue weighted by atomic mass is 32.1. The number of fused-ring (bicyclic) bond motifs is 1. The van der Waals surface area contributed by atoms with Gasteiger partial charge in [-0.05, 0) is 12.1 Å². The van der Waals surface area contributed by atoms with Gasteiger partial charge in [-0.2, -0.15) is 5.10 Å². The van der Waals surface area contributed by atoms with Crippen molar-refractivity contribution in [3.05, 3.63) is 47.9 Å². The third kappa shape index (κ3) is 2.46. The maximum Gasteiger partial charge on any atom is 0.277 e. The van der Waals surface area contributed by atoms with Gasteiger partial charge in [0.25, 0.3) is 5.91 Å². The molecule has 0 fully saturated rings. The van der Waals surface area contributed by atoms with Crippen LogP contribution in [0.4, 0.5) is 5.95 Å². The van der Waals surface area contributed by atoms with Gasteiger partial charge in [0.15, 0.2) is 5.65 Å². The van der Waals surface area contributed by atoms with Crippen molar-refractivity contribution in [2.24, 2.45) is 7.05 Å². The van der Waals surface area contributed by atoms with Gasteiger partial charge in [0.05, 0.1) is 6.20 Å². The summed E-state index contributed by atoms with van der Waals surface area (Å²) in [5.74, 6) is 0.0380. The number of carbonyl (C=O) groups excluding carboxylic acids is 1. The largest absolute Gasteiger partial charge is 0.289 e. The highest BCUT2D eigenvalue weighted by Gasteiger charge is 2.15. The third-order valence-electron chi connectivity index (χ3n) is 3.23. The Bertz CT molecular complexity index is 999.